The summed E-state index contributed by atoms with van der Waals surface area (Å²) in [5.41, 5.74) is 1.50. The number of carbonyl (C=O) groups excluding carboxylic acids is 1. The van der Waals surface area contributed by atoms with Gasteiger partial charge in [-0.2, -0.15) is 0 Å². The number of carbonyl (C=O) groups is 1. The number of benzene rings is 1. The van der Waals surface area contributed by atoms with Crippen molar-refractivity contribution in [1.82, 2.24) is 0 Å². The fourth-order valence-electron chi connectivity index (χ4n) is 1.40. The summed E-state index contributed by atoms with van der Waals surface area (Å²) in [5.74, 6) is 3.45. The van der Waals surface area contributed by atoms with Crippen molar-refractivity contribution in [3.63, 3.8) is 0 Å². The third-order valence-electron chi connectivity index (χ3n) is 2.28. The predicted molar refractivity (Wildman–Crippen MR) is 74.6 cm³/mol. The fraction of sp³-hybridized carbons (Fsp3) is 0.308. The highest BCUT2D eigenvalue weighted by Crippen LogP contribution is 2.18. The SMILES string of the molecule is COC(=O)CS(=O)(=O)Nc1cc(C)ccc1C#CCO. The molecule has 0 aromatic heterocycles. The minimum absolute atomic E-state index is 0.259. The zero-order valence-corrected chi connectivity index (χ0v) is 12.0. The lowest BCUT2D eigenvalue weighted by Gasteiger charge is -2.10. The molecule has 0 atom stereocenters. The van der Waals surface area contributed by atoms with Gasteiger partial charge in [-0.05, 0) is 24.6 Å². The summed E-state index contributed by atoms with van der Waals surface area (Å²) in [6.07, 6.45) is 0. The topological polar surface area (TPSA) is 92.7 Å². The molecule has 0 aliphatic rings. The minimum atomic E-state index is -3.87. The summed E-state index contributed by atoms with van der Waals surface area (Å²) in [6.45, 7) is 1.46. The molecule has 0 bridgehead atoms. The van der Waals surface area contributed by atoms with Crippen molar-refractivity contribution in [3.8, 4) is 11.8 Å². The van der Waals surface area contributed by atoms with Crippen molar-refractivity contribution >= 4 is 21.7 Å². The van der Waals surface area contributed by atoms with Gasteiger partial charge in [-0.15, -0.1) is 0 Å². The first kappa shape index (κ1) is 16.0. The molecule has 0 radical (unpaired) electrons. The molecule has 1 rings (SSSR count). The van der Waals surface area contributed by atoms with Crippen LogP contribution in [0.5, 0.6) is 0 Å². The number of aliphatic hydroxyl groups is 1. The first-order valence-corrected chi connectivity index (χ1v) is 7.31. The molecule has 0 unspecified atom stereocenters. The van der Waals surface area contributed by atoms with Gasteiger partial charge in [0, 0.05) is 5.56 Å². The number of rotatable bonds is 4. The van der Waals surface area contributed by atoms with Gasteiger partial charge in [0.25, 0.3) is 0 Å². The average Bonchev–Trinajstić information content (AvgIpc) is 2.36. The molecule has 0 spiro atoms. The lowest BCUT2D eigenvalue weighted by molar-refractivity contribution is -0.137. The molecule has 108 valence electrons. The molecule has 0 amide bonds. The second kappa shape index (κ2) is 6.93. The van der Waals surface area contributed by atoms with Crippen molar-refractivity contribution in [2.75, 3.05) is 24.2 Å². The van der Waals surface area contributed by atoms with Crippen molar-refractivity contribution in [2.24, 2.45) is 0 Å². The molecule has 1 aromatic rings. The summed E-state index contributed by atoms with van der Waals surface area (Å²) in [5, 5.41) is 8.68. The third kappa shape index (κ3) is 4.91. The van der Waals surface area contributed by atoms with E-state index in [4.69, 9.17) is 5.11 Å². The lowest BCUT2D eigenvalue weighted by atomic mass is 10.1. The fourth-order valence-corrected chi connectivity index (χ4v) is 2.41. The molecule has 6 nitrogen and oxygen atoms in total. The van der Waals surface area contributed by atoms with E-state index in [9.17, 15) is 13.2 Å². The standard InChI is InChI=1S/C13H15NO5S/c1-10-5-6-11(4-3-7-15)12(8-10)14-20(17,18)9-13(16)19-2/h5-6,8,14-15H,7,9H2,1-2H3. The average molecular weight is 297 g/mol. The second-order valence-electron chi connectivity index (χ2n) is 3.95. The van der Waals surface area contributed by atoms with Gasteiger partial charge in [-0.1, -0.05) is 17.9 Å². The van der Waals surface area contributed by atoms with Crippen molar-refractivity contribution in [2.45, 2.75) is 6.92 Å². The number of sulfonamides is 1. The van der Waals surface area contributed by atoms with Gasteiger partial charge >= 0.3 is 5.97 Å². The van der Waals surface area contributed by atoms with Crippen LogP contribution in [-0.2, 0) is 19.6 Å². The Morgan fingerprint density at radius 3 is 2.75 bits per heavy atom. The highest BCUT2D eigenvalue weighted by Gasteiger charge is 2.18. The maximum atomic E-state index is 11.8. The van der Waals surface area contributed by atoms with E-state index in [0.717, 1.165) is 12.7 Å². The Balaban J connectivity index is 3.07. The molecular formula is C13H15NO5S. The van der Waals surface area contributed by atoms with Crippen LogP contribution in [0.25, 0.3) is 0 Å². The zero-order chi connectivity index (χ0) is 15.2. The van der Waals surface area contributed by atoms with E-state index in [1.807, 2.05) is 0 Å². The van der Waals surface area contributed by atoms with Crippen LogP contribution >= 0.6 is 0 Å². The number of nitrogens with one attached hydrogen (secondary N) is 1. The van der Waals surface area contributed by atoms with Crippen molar-refractivity contribution in [1.29, 1.82) is 0 Å². The predicted octanol–water partition coefficient (Wildman–Crippen LogP) is 0.254. The molecule has 0 aliphatic carbocycles. The van der Waals surface area contributed by atoms with E-state index in [1.165, 1.54) is 0 Å². The van der Waals surface area contributed by atoms with Gasteiger partial charge in [-0.3, -0.25) is 9.52 Å². The second-order valence-corrected chi connectivity index (χ2v) is 5.67. The first-order valence-electron chi connectivity index (χ1n) is 5.65. The molecule has 2 N–H and O–H groups in total. The summed E-state index contributed by atoms with van der Waals surface area (Å²) >= 11 is 0. The Kier molecular flexibility index (Phi) is 5.55. The Labute approximate surface area is 117 Å². The monoisotopic (exact) mass is 297 g/mol. The molecule has 0 saturated heterocycles. The molecular weight excluding hydrogens is 282 g/mol. The number of anilines is 1. The number of hydrogen-bond donors (Lipinski definition) is 2. The smallest absolute Gasteiger partial charge is 0.322 e. The first-order chi connectivity index (χ1) is 9.38. The number of esters is 1. The minimum Gasteiger partial charge on any atom is -0.468 e. The molecule has 0 saturated carbocycles. The number of methoxy groups -OCH3 is 1. The van der Waals surface area contributed by atoms with Crippen LogP contribution in [0, 0.1) is 18.8 Å². The third-order valence-corrected chi connectivity index (χ3v) is 3.42. The van der Waals surface area contributed by atoms with Gasteiger partial charge < -0.3 is 9.84 Å². The summed E-state index contributed by atoms with van der Waals surface area (Å²) in [6, 6.07) is 4.99. The Morgan fingerprint density at radius 2 is 2.15 bits per heavy atom. The van der Waals surface area contributed by atoms with E-state index >= 15 is 0 Å². The summed E-state index contributed by atoms with van der Waals surface area (Å²) in [4.78, 5) is 11.0. The van der Waals surface area contributed by atoms with Crippen LogP contribution in [-0.4, -0.2) is 39.0 Å². The van der Waals surface area contributed by atoms with Gasteiger partial charge in [0.05, 0.1) is 12.8 Å². The quantitative estimate of drug-likeness (QED) is 0.614. The van der Waals surface area contributed by atoms with Crippen LogP contribution < -0.4 is 4.72 Å². The highest BCUT2D eigenvalue weighted by atomic mass is 32.2. The molecule has 0 aliphatic heterocycles. The molecule has 0 heterocycles. The summed E-state index contributed by atoms with van der Waals surface area (Å²) < 4.78 is 30.2. The Morgan fingerprint density at radius 1 is 1.45 bits per heavy atom. The van der Waals surface area contributed by atoms with Gasteiger partial charge in [0.2, 0.25) is 10.0 Å². The molecule has 7 heteroatoms. The van der Waals surface area contributed by atoms with Crippen molar-refractivity contribution in [3.05, 3.63) is 29.3 Å². The van der Waals surface area contributed by atoms with Crippen LogP contribution in [0.1, 0.15) is 11.1 Å². The molecule has 0 fully saturated rings. The lowest BCUT2D eigenvalue weighted by Crippen LogP contribution is -2.24. The van der Waals surface area contributed by atoms with Crippen LogP contribution in [0.3, 0.4) is 0 Å². The number of hydrogen-bond acceptors (Lipinski definition) is 5. The number of aryl methyl sites for hydroxylation is 1. The van der Waals surface area contributed by atoms with E-state index in [0.29, 0.717) is 5.56 Å². The van der Waals surface area contributed by atoms with E-state index in [1.54, 1.807) is 25.1 Å². The van der Waals surface area contributed by atoms with Crippen LogP contribution in [0.2, 0.25) is 0 Å². The number of aliphatic hydroxyl groups excluding tert-OH is 1. The maximum Gasteiger partial charge on any atom is 0.322 e. The maximum absolute atomic E-state index is 11.8. The van der Waals surface area contributed by atoms with Crippen molar-refractivity contribution < 1.29 is 23.1 Å². The Bertz CT molecular complexity index is 655. The highest BCUT2D eigenvalue weighted by molar-refractivity contribution is 7.93. The van der Waals surface area contributed by atoms with Gasteiger partial charge in [-0.25, -0.2) is 8.42 Å². The van der Waals surface area contributed by atoms with E-state index in [-0.39, 0.29) is 12.3 Å². The van der Waals surface area contributed by atoms with Gasteiger partial charge in [0.15, 0.2) is 5.75 Å². The molecule has 20 heavy (non-hydrogen) atoms. The van der Waals surface area contributed by atoms with E-state index in [2.05, 4.69) is 21.3 Å². The van der Waals surface area contributed by atoms with Crippen LogP contribution in [0.4, 0.5) is 5.69 Å². The number of ether oxygens (including phenoxy) is 1. The van der Waals surface area contributed by atoms with E-state index < -0.39 is 21.7 Å². The zero-order valence-electron chi connectivity index (χ0n) is 11.1. The largest absolute Gasteiger partial charge is 0.468 e. The van der Waals surface area contributed by atoms with Gasteiger partial charge in [0.1, 0.15) is 6.61 Å². The Hall–Kier alpha value is -2.04. The normalized spacial score (nSPS) is 10.3. The summed E-state index contributed by atoms with van der Waals surface area (Å²) in [7, 11) is -2.75. The van der Waals surface area contributed by atoms with Crippen LogP contribution in [0.15, 0.2) is 18.2 Å². The molecule has 1 aromatic carbocycles.